The second-order valence-corrected chi connectivity index (χ2v) is 5.46. The second-order valence-electron chi connectivity index (χ2n) is 5.46. The number of hydrogen-bond acceptors (Lipinski definition) is 4. The minimum Gasteiger partial charge on any atom is -0.496 e. The van der Waals surface area contributed by atoms with Gasteiger partial charge in [-0.25, -0.2) is 4.79 Å². The van der Waals surface area contributed by atoms with Crippen LogP contribution in [0.5, 0.6) is 5.75 Å². The smallest absolute Gasteiger partial charge is 0.339 e. The molecule has 0 fully saturated rings. The van der Waals surface area contributed by atoms with Crippen molar-refractivity contribution in [2.24, 2.45) is 5.92 Å². The molecule has 0 aliphatic carbocycles. The van der Waals surface area contributed by atoms with Crippen molar-refractivity contribution in [3.8, 4) is 5.75 Å². The first-order valence-corrected chi connectivity index (χ1v) is 7.09. The molecule has 0 aromatic heterocycles. The fourth-order valence-electron chi connectivity index (χ4n) is 2.25. The summed E-state index contributed by atoms with van der Waals surface area (Å²) in [6.07, 6.45) is 0. The molecule has 0 aliphatic rings. The van der Waals surface area contributed by atoms with Crippen LogP contribution in [0, 0.1) is 5.92 Å². The molecule has 1 aromatic rings. The first-order chi connectivity index (χ1) is 9.97. The number of carboxylic acids is 1. The quantitative estimate of drug-likeness (QED) is 0.758. The number of methoxy groups -OCH3 is 2. The third kappa shape index (κ3) is 5.73. The number of nitrogens with zero attached hydrogens (tertiary/aromatic N) is 1. The van der Waals surface area contributed by atoms with E-state index >= 15 is 0 Å². The van der Waals surface area contributed by atoms with E-state index in [-0.39, 0.29) is 5.56 Å². The molecule has 0 saturated heterocycles. The highest BCUT2D eigenvalue weighted by Gasteiger charge is 2.14. The standard InChI is InChI=1S/C16H25NO4/c1-12(2)10-17(7-8-20-3)11-13-5-6-15(21-4)14(9-13)16(18)19/h5-6,9,12H,7-8,10-11H2,1-4H3,(H,18,19). The molecule has 0 bridgehead atoms. The van der Waals surface area contributed by atoms with E-state index in [9.17, 15) is 9.90 Å². The maximum atomic E-state index is 11.3. The summed E-state index contributed by atoms with van der Waals surface area (Å²) >= 11 is 0. The predicted molar refractivity (Wildman–Crippen MR) is 81.9 cm³/mol. The predicted octanol–water partition coefficient (Wildman–Crippen LogP) is 2.50. The highest BCUT2D eigenvalue weighted by Crippen LogP contribution is 2.21. The SMILES string of the molecule is COCCN(Cc1ccc(OC)c(C(=O)O)c1)CC(C)C. The Morgan fingerprint density at radius 3 is 2.57 bits per heavy atom. The lowest BCUT2D eigenvalue weighted by Crippen LogP contribution is -2.30. The summed E-state index contributed by atoms with van der Waals surface area (Å²) in [5.41, 5.74) is 1.16. The Morgan fingerprint density at radius 2 is 2.05 bits per heavy atom. The van der Waals surface area contributed by atoms with Gasteiger partial charge in [0.1, 0.15) is 11.3 Å². The van der Waals surface area contributed by atoms with Crippen LogP contribution >= 0.6 is 0 Å². The first kappa shape index (κ1) is 17.5. The topological polar surface area (TPSA) is 59.0 Å². The number of carboxylic acid groups (broad SMARTS) is 1. The molecular weight excluding hydrogens is 270 g/mol. The average molecular weight is 295 g/mol. The normalized spacial score (nSPS) is 11.1. The van der Waals surface area contributed by atoms with E-state index in [0.29, 0.717) is 24.8 Å². The number of rotatable bonds is 9. The van der Waals surface area contributed by atoms with Gasteiger partial charge in [-0.15, -0.1) is 0 Å². The lowest BCUT2D eigenvalue weighted by Gasteiger charge is -2.24. The first-order valence-electron chi connectivity index (χ1n) is 7.09. The zero-order valence-electron chi connectivity index (χ0n) is 13.3. The molecule has 21 heavy (non-hydrogen) atoms. The zero-order valence-corrected chi connectivity index (χ0v) is 13.3. The Hall–Kier alpha value is -1.59. The van der Waals surface area contributed by atoms with Gasteiger partial charge in [-0.05, 0) is 23.6 Å². The van der Waals surface area contributed by atoms with Gasteiger partial charge < -0.3 is 14.6 Å². The van der Waals surface area contributed by atoms with Gasteiger partial charge in [-0.2, -0.15) is 0 Å². The monoisotopic (exact) mass is 295 g/mol. The molecule has 0 radical (unpaired) electrons. The summed E-state index contributed by atoms with van der Waals surface area (Å²) < 4.78 is 10.2. The Balaban J connectivity index is 2.87. The Kier molecular flexibility index (Phi) is 7.19. The van der Waals surface area contributed by atoms with Crippen molar-refractivity contribution >= 4 is 5.97 Å². The molecule has 0 spiro atoms. The maximum absolute atomic E-state index is 11.3. The van der Waals surface area contributed by atoms with Gasteiger partial charge in [-0.3, -0.25) is 4.90 Å². The van der Waals surface area contributed by atoms with Crippen LogP contribution in [0.15, 0.2) is 18.2 Å². The van der Waals surface area contributed by atoms with Crippen LogP contribution in [0.3, 0.4) is 0 Å². The zero-order chi connectivity index (χ0) is 15.8. The molecule has 118 valence electrons. The number of aromatic carboxylic acids is 1. The molecule has 5 nitrogen and oxygen atoms in total. The average Bonchev–Trinajstić information content (AvgIpc) is 2.44. The second kappa shape index (κ2) is 8.64. The van der Waals surface area contributed by atoms with Crippen LogP contribution < -0.4 is 4.74 Å². The molecule has 0 saturated carbocycles. The Labute approximate surface area is 126 Å². The summed E-state index contributed by atoms with van der Waals surface area (Å²) in [6, 6.07) is 5.30. The van der Waals surface area contributed by atoms with E-state index in [1.54, 1.807) is 19.2 Å². The van der Waals surface area contributed by atoms with Crippen LogP contribution in [-0.4, -0.2) is 49.9 Å². The summed E-state index contributed by atoms with van der Waals surface area (Å²) in [6.45, 7) is 7.45. The van der Waals surface area contributed by atoms with Gasteiger partial charge in [0.05, 0.1) is 13.7 Å². The van der Waals surface area contributed by atoms with Crippen LogP contribution in [0.25, 0.3) is 0 Å². The van der Waals surface area contributed by atoms with Gasteiger partial charge >= 0.3 is 5.97 Å². The van der Waals surface area contributed by atoms with Gasteiger partial charge in [0.2, 0.25) is 0 Å². The number of hydrogen-bond donors (Lipinski definition) is 1. The summed E-state index contributed by atoms with van der Waals surface area (Å²) in [5, 5.41) is 9.23. The van der Waals surface area contributed by atoms with Gasteiger partial charge in [0.15, 0.2) is 0 Å². The molecule has 5 heteroatoms. The minimum atomic E-state index is -0.971. The number of ether oxygens (including phenoxy) is 2. The fourth-order valence-corrected chi connectivity index (χ4v) is 2.25. The van der Waals surface area contributed by atoms with E-state index in [0.717, 1.165) is 18.7 Å². The molecule has 0 aliphatic heterocycles. The lowest BCUT2D eigenvalue weighted by atomic mass is 10.1. The Bertz CT molecular complexity index is 460. The van der Waals surface area contributed by atoms with E-state index in [4.69, 9.17) is 9.47 Å². The van der Waals surface area contributed by atoms with Crippen molar-refractivity contribution in [1.29, 1.82) is 0 Å². The van der Waals surface area contributed by atoms with Crippen LogP contribution in [0.1, 0.15) is 29.8 Å². The van der Waals surface area contributed by atoms with E-state index < -0.39 is 5.97 Å². The van der Waals surface area contributed by atoms with Crippen LogP contribution in [0.2, 0.25) is 0 Å². The van der Waals surface area contributed by atoms with E-state index in [1.165, 1.54) is 7.11 Å². The Morgan fingerprint density at radius 1 is 1.33 bits per heavy atom. The van der Waals surface area contributed by atoms with Crippen LogP contribution in [0.4, 0.5) is 0 Å². The van der Waals surface area contributed by atoms with Gasteiger partial charge in [0.25, 0.3) is 0 Å². The highest BCUT2D eigenvalue weighted by atomic mass is 16.5. The molecule has 0 atom stereocenters. The molecule has 1 rings (SSSR count). The molecular formula is C16H25NO4. The fraction of sp³-hybridized carbons (Fsp3) is 0.562. The summed E-state index contributed by atoms with van der Waals surface area (Å²) in [5.74, 6) is -0.0430. The van der Waals surface area contributed by atoms with Crippen molar-refractivity contribution < 1.29 is 19.4 Å². The largest absolute Gasteiger partial charge is 0.496 e. The number of benzene rings is 1. The molecule has 0 amide bonds. The van der Waals surface area contributed by atoms with Crippen molar-refractivity contribution in [1.82, 2.24) is 4.90 Å². The van der Waals surface area contributed by atoms with Crippen molar-refractivity contribution in [2.75, 3.05) is 33.9 Å². The van der Waals surface area contributed by atoms with Gasteiger partial charge in [0, 0.05) is 26.7 Å². The summed E-state index contributed by atoms with van der Waals surface area (Å²) in [4.78, 5) is 13.5. The highest BCUT2D eigenvalue weighted by molar-refractivity contribution is 5.91. The number of carbonyl (C=O) groups is 1. The maximum Gasteiger partial charge on any atom is 0.339 e. The lowest BCUT2D eigenvalue weighted by molar-refractivity contribution is 0.0693. The summed E-state index contributed by atoms with van der Waals surface area (Å²) in [7, 11) is 3.16. The third-order valence-electron chi connectivity index (χ3n) is 3.14. The van der Waals surface area contributed by atoms with Crippen molar-refractivity contribution in [2.45, 2.75) is 20.4 Å². The third-order valence-corrected chi connectivity index (χ3v) is 3.14. The minimum absolute atomic E-state index is 0.200. The molecule has 1 aromatic carbocycles. The molecule has 0 heterocycles. The van der Waals surface area contributed by atoms with E-state index in [2.05, 4.69) is 18.7 Å². The van der Waals surface area contributed by atoms with Crippen molar-refractivity contribution in [3.05, 3.63) is 29.3 Å². The molecule has 0 unspecified atom stereocenters. The van der Waals surface area contributed by atoms with Gasteiger partial charge in [-0.1, -0.05) is 19.9 Å². The van der Waals surface area contributed by atoms with Crippen LogP contribution in [-0.2, 0) is 11.3 Å². The molecule has 1 N–H and O–H groups in total. The van der Waals surface area contributed by atoms with E-state index in [1.807, 2.05) is 6.07 Å². The van der Waals surface area contributed by atoms with Crippen molar-refractivity contribution in [3.63, 3.8) is 0 Å².